The maximum Gasteiger partial charge on any atom is 0.324 e. The van der Waals surface area contributed by atoms with Gasteiger partial charge in [0, 0.05) is 16.8 Å². The van der Waals surface area contributed by atoms with E-state index in [1.165, 1.54) is 19.0 Å². The van der Waals surface area contributed by atoms with E-state index in [2.05, 4.69) is 37.8 Å². The lowest BCUT2D eigenvalue weighted by Crippen LogP contribution is -2.50. The zero-order valence-corrected chi connectivity index (χ0v) is 19.3. The molecule has 8 heteroatoms. The quantitative estimate of drug-likeness (QED) is 0.507. The molecule has 0 spiro atoms. The van der Waals surface area contributed by atoms with Crippen LogP contribution in [0.25, 0.3) is 11.3 Å². The van der Waals surface area contributed by atoms with Crippen LogP contribution in [0.3, 0.4) is 0 Å². The van der Waals surface area contributed by atoms with Crippen LogP contribution in [0.15, 0.2) is 48.9 Å². The average Bonchev–Trinajstić information content (AvgIpc) is 2.80. The molecule has 1 atom stereocenters. The molecule has 1 fully saturated rings. The Morgan fingerprint density at radius 3 is 2.73 bits per heavy atom. The summed E-state index contributed by atoms with van der Waals surface area (Å²) in [6.07, 6.45) is 8.37. The molecule has 0 saturated carbocycles. The van der Waals surface area contributed by atoms with Gasteiger partial charge in [0.2, 0.25) is 0 Å². The Balaban J connectivity index is 1.40. The standard InChI is InChI=1S/C25H30N6O2/c1-17-12-19(7-9-22(17)33-16-25(3)10-4-5-11-28-25)21-14-26-15-23(30-21)31-24(32)29-20-8-6-18(2)27-13-20/h6-9,12-15,28H,4-5,10-11,16H2,1-3H3,(H2,29,30,31,32). The second-order valence-corrected chi connectivity index (χ2v) is 8.77. The maximum atomic E-state index is 12.3. The molecule has 2 aromatic heterocycles. The van der Waals surface area contributed by atoms with Crippen molar-refractivity contribution in [2.45, 2.75) is 45.6 Å². The zero-order chi connectivity index (χ0) is 23.3. The predicted octanol–water partition coefficient (Wildman–Crippen LogP) is 4.71. The normalized spacial score (nSPS) is 17.9. The van der Waals surface area contributed by atoms with E-state index in [1.807, 2.05) is 38.1 Å². The van der Waals surface area contributed by atoms with Gasteiger partial charge < -0.3 is 15.4 Å². The van der Waals surface area contributed by atoms with Gasteiger partial charge in [0.05, 0.1) is 30.0 Å². The number of nitrogens with one attached hydrogen (secondary N) is 3. The molecule has 1 aliphatic heterocycles. The van der Waals surface area contributed by atoms with Gasteiger partial charge in [0.1, 0.15) is 12.4 Å². The summed E-state index contributed by atoms with van der Waals surface area (Å²) in [5.74, 6) is 1.22. The number of amides is 2. The van der Waals surface area contributed by atoms with Crippen molar-refractivity contribution < 1.29 is 9.53 Å². The Hall–Kier alpha value is -3.52. The summed E-state index contributed by atoms with van der Waals surface area (Å²) in [6.45, 7) is 7.81. The van der Waals surface area contributed by atoms with Crippen molar-refractivity contribution in [3.05, 3.63) is 60.2 Å². The molecule has 0 radical (unpaired) electrons. The number of carbonyl (C=O) groups is 1. The van der Waals surface area contributed by atoms with E-state index in [0.717, 1.165) is 35.5 Å². The molecule has 1 aromatic carbocycles. The van der Waals surface area contributed by atoms with Gasteiger partial charge in [0.25, 0.3) is 0 Å². The van der Waals surface area contributed by atoms with Crippen LogP contribution in [0.4, 0.5) is 16.3 Å². The van der Waals surface area contributed by atoms with E-state index in [-0.39, 0.29) is 5.54 Å². The Labute approximate surface area is 194 Å². The van der Waals surface area contributed by atoms with Gasteiger partial charge in [-0.1, -0.05) is 6.42 Å². The molecule has 1 saturated heterocycles. The highest BCUT2D eigenvalue weighted by atomic mass is 16.5. The highest BCUT2D eigenvalue weighted by Gasteiger charge is 2.27. The molecule has 33 heavy (non-hydrogen) atoms. The summed E-state index contributed by atoms with van der Waals surface area (Å²) in [5, 5.41) is 9.03. The molecule has 0 bridgehead atoms. The van der Waals surface area contributed by atoms with Crippen LogP contribution < -0.4 is 20.7 Å². The van der Waals surface area contributed by atoms with E-state index >= 15 is 0 Å². The predicted molar refractivity (Wildman–Crippen MR) is 130 cm³/mol. The number of urea groups is 1. The van der Waals surface area contributed by atoms with Crippen molar-refractivity contribution in [1.29, 1.82) is 0 Å². The van der Waals surface area contributed by atoms with Gasteiger partial charge in [-0.05, 0) is 76.1 Å². The third-order valence-corrected chi connectivity index (χ3v) is 5.77. The van der Waals surface area contributed by atoms with Crippen LogP contribution >= 0.6 is 0 Å². The second kappa shape index (κ2) is 9.95. The molecular weight excluding hydrogens is 416 g/mol. The summed E-state index contributed by atoms with van der Waals surface area (Å²) in [7, 11) is 0. The minimum Gasteiger partial charge on any atom is -0.491 e. The monoisotopic (exact) mass is 446 g/mol. The highest BCUT2D eigenvalue weighted by molar-refractivity contribution is 5.99. The van der Waals surface area contributed by atoms with Gasteiger partial charge >= 0.3 is 6.03 Å². The van der Waals surface area contributed by atoms with Crippen LogP contribution in [-0.2, 0) is 0 Å². The van der Waals surface area contributed by atoms with E-state index < -0.39 is 6.03 Å². The fraction of sp³-hybridized carbons (Fsp3) is 0.360. The molecule has 1 aliphatic rings. The number of aromatic nitrogens is 3. The fourth-order valence-corrected chi connectivity index (χ4v) is 3.84. The summed E-state index contributed by atoms with van der Waals surface area (Å²) in [4.78, 5) is 25.2. The largest absolute Gasteiger partial charge is 0.491 e. The second-order valence-electron chi connectivity index (χ2n) is 8.77. The third kappa shape index (κ3) is 6.04. The first-order valence-electron chi connectivity index (χ1n) is 11.2. The fourth-order valence-electron chi connectivity index (χ4n) is 3.84. The van der Waals surface area contributed by atoms with Crippen LogP contribution in [0.2, 0.25) is 0 Å². The first-order chi connectivity index (χ1) is 15.9. The van der Waals surface area contributed by atoms with E-state index in [1.54, 1.807) is 18.5 Å². The number of benzene rings is 1. The molecule has 4 rings (SSSR count). The van der Waals surface area contributed by atoms with Gasteiger partial charge in [-0.25, -0.2) is 9.78 Å². The lowest BCUT2D eigenvalue weighted by atomic mass is 9.92. The minimum atomic E-state index is -0.406. The van der Waals surface area contributed by atoms with Crippen LogP contribution in [0, 0.1) is 13.8 Å². The number of anilines is 2. The first kappa shape index (κ1) is 22.7. The topological polar surface area (TPSA) is 101 Å². The number of hydrogen-bond acceptors (Lipinski definition) is 6. The van der Waals surface area contributed by atoms with E-state index in [4.69, 9.17) is 4.74 Å². The molecule has 3 N–H and O–H groups in total. The number of pyridine rings is 1. The van der Waals surface area contributed by atoms with Gasteiger partial charge in [-0.2, -0.15) is 0 Å². The lowest BCUT2D eigenvalue weighted by molar-refractivity contribution is 0.163. The number of ether oxygens (including phenoxy) is 1. The number of nitrogens with zero attached hydrogens (tertiary/aromatic N) is 3. The molecule has 0 aliphatic carbocycles. The Morgan fingerprint density at radius 2 is 2.00 bits per heavy atom. The van der Waals surface area contributed by atoms with Crippen LogP contribution in [-0.4, -0.2) is 39.7 Å². The molecule has 2 amide bonds. The molecule has 3 aromatic rings. The third-order valence-electron chi connectivity index (χ3n) is 5.77. The van der Waals surface area contributed by atoms with Gasteiger partial charge in [-0.15, -0.1) is 0 Å². The molecule has 172 valence electrons. The van der Waals surface area contributed by atoms with Crippen molar-refractivity contribution in [2.75, 3.05) is 23.8 Å². The Morgan fingerprint density at radius 1 is 1.12 bits per heavy atom. The van der Waals surface area contributed by atoms with Crippen molar-refractivity contribution in [2.24, 2.45) is 0 Å². The van der Waals surface area contributed by atoms with Crippen molar-refractivity contribution in [1.82, 2.24) is 20.3 Å². The lowest BCUT2D eigenvalue weighted by Gasteiger charge is -2.34. The SMILES string of the molecule is Cc1ccc(NC(=O)Nc2cncc(-c3ccc(OCC4(C)CCCCN4)c(C)c3)n2)cn1. The van der Waals surface area contributed by atoms with E-state index in [9.17, 15) is 4.79 Å². The smallest absolute Gasteiger partial charge is 0.324 e. The van der Waals surface area contributed by atoms with Gasteiger partial charge in [-0.3, -0.25) is 15.3 Å². The molecule has 3 heterocycles. The van der Waals surface area contributed by atoms with Crippen molar-refractivity contribution in [3.63, 3.8) is 0 Å². The average molecular weight is 447 g/mol. The number of aryl methyl sites for hydroxylation is 2. The van der Waals surface area contributed by atoms with Crippen molar-refractivity contribution >= 4 is 17.5 Å². The number of hydrogen-bond donors (Lipinski definition) is 3. The van der Waals surface area contributed by atoms with Gasteiger partial charge in [0.15, 0.2) is 5.82 Å². The van der Waals surface area contributed by atoms with Crippen LogP contribution in [0.1, 0.15) is 37.4 Å². The zero-order valence-electron chi connectivity index (χ0n) is 19.3. The Kier molecular flexibility index (Phi) is 6.84. The maximum absolute atomic E-state index is 12.3. The number of rotatable bonds is 6. The van der Waals surface area contributed by atoms with Crippen LogP contribution in [0.5, 0.6) is 5.75 Å². The van der Waals surface area contributed by atoms with E-state index in [0.29, 0.717) is 23.8 Å². The molecule has 8 nitrogen and oxygen atoms in total. The Bertz CT molecular complexity index is 1110. The highest BCUT2D eigenvalue weighted by Crippen LogP contribution is 2.27. The summed E-state index contributed by atoms with van der Waals surface area (Å²) < 4.78 is 6.14. The summed E-state index contributed by atoms with van der Waals surface area (Å²) in [6, 6.07) is 9.17. The van der Waals surface area contributed by atoms with Crippen molar-refractivity contribution in [3.8, 4) is 17.0 Å². The number of carbonyl (C=O) groups excluding carboxylic acids is 1. The number of piperidine rings is 1. The summed E-state index contributed by atoms with van der Waals surface area (Å²) >= 11 is 0. The minimum absolute atomic E-state index is 0.0179. The summed E-state index contributed by atoms with van der Waals surface area (Å²) in [5.41, 5.74) is 4.10. The first-order valence-corrected chi connectivity index (χ1v) is 11.2. The molecular formula is C25H30N6O2. The molecule has 1 unspecified atom stereocenters.